The topological polar surface area (TPSA) is 69.0 Å². The van der Waals surface area contributed by atoms with Crippen molar-refractivity contribution in [1.29, 1.82) is 0 Å². The molecule has 25 heavy (non-hydrogen) atoms. The van der Waals surface area contributed by atoms with E-state index in [1.165, 1.54) is 0 Å². The number of rotatable bonds is 7. The highest BCUT2D eigenvalue weighted by atomic mass is 32.2. The summed E-state index contributed by atoms with van der Waals surface area (Å²) in [5, 5.41) is 10.4. The first-order chi connectivity index (χ1) is 12.1. The number of aromatic nitrogens is 5. The molecule has 3 rings (SSSR count). The molecule has 0 N–H and O–H groups in total. The monoisotopic (exact) mass is 380 g/mol. The van der Waals surface area contributed by atoms with Gasteiger partial charge in [0.2, 0.25) is 0 Å². The second kappa shape index (κ2) is 8.98. The maximum Gasteiger partial charge on any atom is 0.191 e. The molecule has 1 aliphatic rings. The van der Waals surface area contributed by atoms with Crippen molar-refractivity contribution in [2.24, 2.45) is 7.05 Å². The minimum atomic E-state index is 0.719. The predicted molar refractivity (Wildman–Crippen MR) is 100 cm³/mol. The van der Waals surface area contributed by atoms with E-state index in [9.17, 15) is 0 Å². The SMILES string of the molecule is Cc1cc(C)nc(SCc2nnc(SCCN3CCOCC3)n2C)n1. The molecule has 7 nitrogen and oxygen atoms in total. The van der Waals surface area contributed by atoms with Gasteiger partial charge in [-0.3, -0.25) is 4.90 Å². The van der Waals surface area contributed by atoms with E-state index >= 15 is 0 Å². The highest BCUT2D eigenvalue weighted by Gasteiger charge is 2.13. The van der Waals surface area contributed by atoms with Crippen LogP contribution in [0.5, 0.6) is 0 Å². The average molecular weight is 381 g/mol. The largest absolute Gasteiger partial charge is 0.379 e. The Bertz CT molecular complexity index is 682. The lowest BCUT2D eigenvalue weighted by Crippen LogP contribution is -2.37. The van der Waals surface area contributed by atoms with Crippen LogP contribution in [0.1, 0.15) is 17.2 Å². The summed E-state index contributed by atoms with van der Waals surface area (Å²) in [6.07, 6.45) is 0. The molecule has 1 saturated heterocycles. The highest BCUT2D eigenvalue weighted by Crippen LogP contribution is 2.22. The van der Waals surface area contributed by atoms with Crippen molar-refractivity contribution in [2.75, 3.05) is 38.6 Å². The van der Waals surface area contributed by atoms with E-state index in [0.29, 0.717) is 0 Å². The van der Waals surface area contributed by atoms with Gasteiger partial charge in [0, 0.05) is 43.8 Å². The third kappa shape index (κ3) is 5.40. The Balaban J connectivity index is 1.50. The van der Waals surface area contributed by atoms with Crippen LogP contribution in [-0.2, 0) is 17.5 Å². The molecule has 0 bridgehead atoms. The normalized spacial score (nSPS) is 15.6. The average Bonchev–Trinajstić information content (AvgIpc) is 2.93. The van der Waals surface area contributed by atoms with Crippen molar-refractivity contribution in [1.82, 2.24) is 29.6 Å². The number of hydrogen-bond acceptors (Lipinski definition) is 8. The van der Waals surface area contributed by atoms with E-state index in [-0.39, 0.29) is 0 Å². The molecule has 0 atom stereocenters. The van der Waals surface area contributed by atoms with E-state index < -0.39 is 0 Å². The third-order valence-corrected chi connectivity index (χ3v) is 5.80. The molecule has 2 aromatic heterocycles. The van der Waals surface area contributed by atoms with Gasteiger partial charge in [0.15, 0.2) is 10.3 Å². The van der Waals surface area contributed by atoms with E-state index in [0.717, 1.165) is 71.9 Å². The number of aryl methyl sites for hydroxylation is 2. The second-order valence-corrected chi connectivity index (χ2v) is 7.99. The highest BCUT2D eigenvalue weighted by molar-refractivity contribution is 7.99. The molecule has 9 heteroatoms. The molecule has 3 heterocycles. The Hall–Kier alpha value is -1.16. The molecule has 2 aromatic rings. The molecule has 0 aromatic carbocycles. The zero-order chi connectivity index (χ0) is 17.6. The molecular weight excluding hydrogens is 356 g/mol. The molecule has 136 valence electrons. The summed E-state index contributed by atoms with van der Waals surface area (Å²) >= 11 is 3.35. The van der Waals surface area contributed by atoms with Crippen LogP contribution in [0.3, 0.4) is 0 Å². The number of ether oxygens (including phenoxy) is 1. The molecule has 0 radical (unpaired) electrons. The first kappa shape index (κ1) is 18.6. The second-order valence-electron chi connectivity index (χ2n) is 5.98. The Kier molecular flexibility index (Phi) is 6.69. The summed E-state index contributed by atoms with van der Waals surface area (Å²) in [5.41, 5.74) is 1.99. The minimum Gasteiger partial charge on any atom is -0.379 e. The smallest absolute Gasteiger partial charge is 0.191 e. The van der Waals surface area contributed by atoms with Gasteiger partial charge in [-0.05, 0) is 19.9 Å². The van der Waals surface area contributed by atoms with Crippen LogP contribution < -0.4 is 0 Å². The predicted octanol–water partition coefficient (Wildman–Crippen LogP) is 1.94. The van der Waals surface area contributed by atoms with E-state index in [4.69, 9.17) is 4.74 Å². The zero-order valence-electron chi connectivity index (χ0n) is 14.9. The molecule has 0 spiro atoms. The molecule has 0 saturated carbocycles. The lowest BCUT2D eigenvalue weighted by atomic mass is 10.4. The minimum absolute atomic E-state index is 0.719. The van der Waals surface area contributed by atoms with Gasteiger partial charge in [0.25, 0.3) is 0 Å². The summed E-state index contributed by atoms with van der Waals surface area (Å²) in [5.74, 6) is 2.68. The summed E-state index contributed by atoms with van der Waals surface area (Å²) in [7, 11) is 2.02. The fourth-order valence-corrected chi connectivity index (χ4v) is 4.43. The van der Waals surface area contributed by atoms with Gasteiger partial charge in [-0.2, -0.15) is 0 Å². The summed E-state index contributed by atoms with van der Waals surface area (Å²) in [4.78, 5) is 11.4. The Morgan fingerprint density at radius 1 is 1.08 bits per heavy atom. The third-order valence-electron chi connectivity index (χ3n) is 3.96. The number of morpholine rings is 1. The molecule has 0 aliphatic carbocycles. The van der Waals surface area contributed by atoms with Crippen LogP contribution >= 0.6 is 23.5 Å². The Morgan fingerprint density at radius 2 is 1.80 bits per heavy atom. The summed E-state index contributed by atoms with van der Waals surface area (Å²) in [6.45, 7) is 8.78. The van der Waals surface area contributed by atoms with Gasteiger partial charge in [0.05, 0.1) is 19.0 Å². The standard InChI is InChI=1S/C16H24N6OS2/c1-12-10-13(2)18-15(17-12)25-11-14-19-20-16(21(14)3)24-9-6-22-4-7-23-8-5-22/h10H,4-9,11H2,1-3H3. The van der Waals surface area contributed by atoms with Crippen LogP contribution in [0.25, 0.3) is 0 Å². The Morgan fingerprint density at radius 3 is 2.52 bits per heavy atom. The molecular formula is C16H24N6OS2. The summed E-state index contributed by atoms with van der Waals surface area (Å²) in [6, 6.07) is 1.98. The summed E-state index contributed by atoms with van der Waals surface area (Å²) < 4.78 is 7.45. The molecule has 0 unspecified atom stereocenters. The molecule has 0 amide bonds. The van der Waals surface area contributed by atoms with E-state index in [2.05, 4.69) is 29.6 Å². The fourth-order valence-electron chi connectivity index (χ4n) is 2.57. The number of hydrogen-bond donors (Lipinski definition) is 0. The van der Waals surface area contributed by atoms with Crippen LogP contribution in [0.2, 0.25) is 0 Å². The van der Waals surface area contributed by atoms with Gasteiger partial charge in [-0.25, -0.2) is 9.97 Å². The van der Waals surface area contributed by atoms with Crippen LogP contribution in [0.15, 0.2) is 16.4 Å². The zero-order valence-corrected chi connectivity index (χ0v) is 16.6. The van der Waals surface area contributed by atoms with Crippen LogP contribution in [0.4, 0.5) is 0 Å². The van der Waals surface area contributed by atoms with Gasteiger partial charge < -0.3 is 9.30 Å². The fraction of sp³-hybridized carbons (Fsp3) is 0.625. The van der Waals surface area contributed by atoms with Gasteiger partial charge in [0.1, 0.15) is 5.82 Å². The van der Waals surface area contributed by atoms with Crippen molar-refractivity contribution in [3.8, 4) is 0 Å². The van der Waals surface area contributed by atoms with Crippen molar-refractivity contribution >= 4 is 23.5 Å². The van der Waals surface area contributed by atoms with Gasteiger partial charge >= 0.3 is 0 Å². The van der Waals surface area contributed by atoms with Gasteiger partial charge in [-0.1, -0.05) is 23.5 Å². The van der Waals surface area contributed by atoms with E-state index in [1.54, 1.807) is 23.5 Å². The van der Waals surface area contributed by atoms with Crippen molar-refractivity contribution in [3.05, 3.63) is 23.3 Å². The van der Waals surface area contributed by atoms with Crippen molar-refractivity contribution < 1.29 is 4.74 Å². The maximum absolute atomic E-state index is 5.38. The van der Waals surface area contributed by atoms with Crippen LogP contribution in [0, 0.1) is 13.8 Å². The lowest BCUT2D eigenvalue weighted by Gasteiger charge is -2.26. The molecule has 1 fully saturated rings. The molecule has 1 aliphatic heterocycles. The maximum atomic E-state index is 5.38. The Labute approximate surface area is 157 Å². The quantitative estimate of drug-likeness (QED) is 0.533. The van der Waals surface area contributed by atoms with Crippen molar-refractivity contribution in [3.63, 3.8) is 0 Å². The van der Waals surface area contributed by atoms with Gasteiger partial charge in [-0.15, -0.1) is 10.2 Å². The van der Waals surface area contributed by atoms with Crippen molar-refractivity contribution in [2.45, 2.75) is 29.9 Å². The van der Waals surface area contributed by atoms with Crippen LogP contribution in [-0.4, -0.2) is 68.2 Å². The number of thioether (sulfide) groups is 2. The first-order valence-electron chi connectivity index (χ1n) is 8.38. The first-order valence-corrected chi connectivity index (χ1v) is 10.3. The number of nitrogens with zero attached hydrogens (tertiary/aromatic N) is 6. The lowest BCUT2D eigenvalue weighted by molar-refractivity contribution is 0.0410. The van der Waals surface area contributed by atoms with E-state index in [1.807, 2.05) is 27.0 Å².